The van der Waals surface area contributed by atoms with Gasteiger partial charge >= 0.3 is 0 Å². The lowest BCUT2D eigenvalue weighted by molar-refractivity contribution is 0.0135. The average molecular weight is 429 g/mol. The summed E-state index contributed by atoms with van der Waals surface area (Å²) in [5.74, 6) is 0.0996. The summed E-state index contributed by atoms with van der Waals surface area (Å²) in [6.45, 7) is 4.62. The summed E-state index contributed by atoms with van der Waals surface area (Å²) in [5.41, 5.74) is 3.98. The smallest absolute Gasteiger partial charge is 0.253 e. The molecule has 164 valence electrons. The van der Waals surface area contributed by atoms with Crippen molar-refractivity contribution in [3.63, 3.8) is 0 Å². The molecule has 1 atom stereocenters. The number of hydrogen-bond donors (Lipinski definition) is 0. The van der Waals surface area contributed by atoms with E-state index in [4.69, 9.17) is 4.74 Å². The summed E-state index contributed by atoms with van der Waals surface area (Å²) in [5, 5.41) is 0. The third-order valence-corrected chi connectivity index (χ3v) is 6.55. The monoisotopic (exact) mass is 428 g/mol. The Bertz CT molecular complexity index is 1040. The van der Waals surface area contributed by atoms with Crippen LogP contribution in [0.2, 0.25) is 0 Å². The summed E-state index contributed by atoms with van der Waals surface area (Å²) in [6, 6.07) is 15.9. The van der Waals surface area contributed by atoms with E-state index in [0.29, 0.717) is 19.8 Å². The van der Waals surface area contributed by atoms with Crippen molar-refractivity contribution >= 4 is 11.6 Å². The zero-order chi connectivity index (χ0) is 21.8. The molecule has 0 radical (unpaired) electrons. The number of piperidine rings is 1. The molecule has 0 N–H and O–H groups in total. The molecule has 1 aromatic carbocycles. The topological polar surface area (TPSA) is 58.6 Å². The number of amides is 1. The Labute approximate surface area is 188 Å². The maximum absolute atomic E-state index is 13.4. The van der Waals surface area contributed by atoms with E-state index in [1.165, 1.54) is 0 Å². The number of rotatable bonds is 3. The SMILES string of the molecule is O=C(c1ccc(-c2ccncc2)cc1)N1CCC[C@@]2(COCCN(c3cccnc3)C2)C1. The molecular weight excluding hydrogens is 400 g/mol. The third kappa shape index (κ3) is 4.36. The normalized spacial score (nSPS) is 21.4. The number of ether oxygens (including phenoxy) is 1. The van der Waals surface area contributed by atoms with Gasteiger partial charge in [0, 0.05) is 55.7 Å². The largest absolute Gasteiger partial charge is 0.379 e. The van der Waals surface area contributed by atoms with Crippen molar-refractivity contribution in [2.45, 2.75) is 12.8 Å². The molecule has 2 fully saturated rings. The first kappa shape index (κ1) is 20.6. The van der Waals surface area contributed by atoms with Crippen molar-refractivity contribution in [1.29, 1.82) is 0 Å². The number of carbonyl (C=O) groups excluding carboxylic acids is 1. The van der Waals surface area contributed by atoms with Gasteiger partial charge in [-0.15, -0.1) is 0 Å². The highest BCUT2D eigenvalue weighted by Gasteiger charge is 2.40. The van der Waals surface area contributed by atoms with E-state index >= 15 is 0 Å². The van der Waals surface area contributed by atoms with E-state index in [2.05, 4.69) is 20.9 Å². The van der Waals surface area contributed by atoms with Gasteiger partial charge < -0.3 is 14.5 Å². The van der Waals surface area contributed by atoms with Crippen LogP contribution in [-0.2, 0) is 4.74 Å². The van der Waals surface area contributed by atoms with E-state index in [1.807, 2.05) is 53.6 Å². The quantitative estimate of drug-likeness (QED) is 0.633. The lowest BCUT2D eigenvalue weighted by Crippen LogP contribution is -2.52. The Hall–Kier alpha value is -3.25. The Kier molecular flexibility index (Phi) is 5.86. The Morgan fingerprint density at radius 2 is 1.72 bits per heavy atom. The molecule has 2 aliphatic heterocycles. The minimum Gasteiger partial charge on any atom is -0.379 e. The van der Waals surface area contributed by atoms with Gasteiger partial charge in [-0.25, -0.2) is 0 Å². The zero-order valence-corrected chi connectivity index (χ0v) is 18.2. The van der Waals surface area contributed by atoms with Gasteiger partial charge in [-0.2, -0.15) is 0 Å². The van der Waals surface area contributed by atoms with Crippen LogP contribution in [0.15, 0.2) is 73.3 Å². The van der Waals surface area contributed by atoms with Gasteiger partial charge in [-0.1, -0.05) is 12.1 Å². The van der Waals surface area contributed by atoms with Gasteiger partial charge in [0.05, 0.1) is 25.1 Å². The number of nitrogens with zero attached hydrogens (tertiary/aromatic N) is 4. The first-order valence-electron chi connectivity index (χ1n) is 11.3. The summed E-state index contributed by atoms with van der Waals surface area (Å²) in [7, 11) is 0. The van der Waals surface area contributed by atoms with Crippen molar-refractivity contribution in [3.8, 4) is 11.1 Å². The van der Waals surface area contributed by atoms with Crippen molar-refractivity contribution in [3.05, 3.63) is 78.9 Å². The van der Waals surface area contributed by atoms with Crippen LogP contribution in [0, 0.1) is 5.41 Å². The Morgan fingerprint density at radius 3 is 2.50 bits per heavy atom. The highest BCUT2D eigenvalue weighted by molar-refractivity contribution is 5.94. The minimum absolute atomic E-state index is 0.0583. The highest BCUT2D eigenvalue weighted by Crippen LogP contribution is 2.35. The number of anilines is 1. The summed E-state index contributed by atoms with van der Waals surface area (Å²) < 4.78 is 6.03. The van der Waals surface area contributed by atoms with Gasteiger partial charge in [0.1, 0.15) is 0 Å². The van der Waals surface area contributed by atoms with Crippen molar-refractivity contribution in [1.82, 2.24) is 14.9 Å². The lowest BCUT2D eigenvalue weighted by atomic mass is 9.79. The third-order valence-electron chi connectivity index (χ3n) is 6.55. The van der Waals surface area contributed by atoms with Gasteiger partial charge in [-0.05, 0) is 60.4 Å². The first-order chi connectivity index (χ1) is 15.7. The molecule has 0 bridgehead atoms. The number of benzene rings is 1. The van der Waals surface area contributed by atoms with Crippen molar-refractivity contribution < 1.29 is 9.53 Å². The van der Waals surface area contributed by atoms with Crippen LogP contribution in [-0.4, -0.2) is 60.2 Å². The van der Waals surface area contributed by atoms with Crippen molar-refractivity contribution in [2.24, 2.45) is 5.41 Å². The molecule has 2 aromatic heterocycles. The molecule has 5 rings (SSSR count). The molecule has 6 nitrogen and oxygen atoms in total. The van der Waals surface area contributed by atoms with Crippen LogP contribution in [0.1, 0.15) is 23.2 Å². The second-order valence-corrected chi connectivity index (χ2v) is 8.83. The van der Waals surface area contributed by atoms with Crippen LogP contribution in [0.4, 0.5) is 5.69 Å². The molecule has 2 aliphatic rings. The van der Waals surface area contributed by atoms with E-state index < -0.39 is 0 Å². The fourth-order valence-corrected chi connectivity index (χ4v) is 4.91. The van der Waals surface area contributed by atoms with Crippen LogP contribution < -0.4 is 4.90 Å². The molecule has 2 saturated heterocycles. The Morgan fingerprint density at radius 1 is 0.906 bits per heavy atom. The number of likely N-dealkylation sites (tertiary alicyclic amines) is 1. The predicted molar refractivity (Wildman–Crippen MR) is 125 cm³/mol. The fraction of sp³-hybridized carbons (Fsp3) is 0.346. The number of pyridine rings is 2. The molecule has 6 heteroatoms. The molecule has 0 unspecified atom stereocenters. The highest BCUT2D eigenvalue weighted by atomic mass is 16.5. The summed E-state index contributed by atoms with van der Waals surface area (Å²) in [4.78, 5) is 26.1. The molecule has 4 heterocycles. The van der Waals surface area contributed by atoms with Gasteiger partial charge in [0.15, 0.2) is 0 Å². The molecular formula is C26H28N4O2. The van der Waals surface area contributed by atoms with Crippen LogP contribution in [0.5, 0.6) is 0 Å². The molecule has 1 amide bonds. The van der Waals surface area contributed by atoms with E-state index in [-0.39, 0.29) is 11.3 Å². The standard InChI is InChI=1S/C26H28N4O2/c31-25(23-6-4-21(5-7-23)22-8-12-27-13-9-22)30-14-2-10-26(19-30)18-29(15-16-32-20-26)24-3-1-11-28-17-24/h1,3-9,11-13,17H,2,10,14-16,18-20H2/t26-/m0/s1. The summed E-state index contributed by atoms with van der Waals surface area (Å²) in [6.07, 6.45) is 9.33. The second-order valence-electron chi connectivity index (χ2n) is 8.83. The van der Waals surface area contributed by atoms with Gasteiger partial charge in [0.2, 0.25) is 0 Å². The first-order valence-corrected chi connectivity index (χ1v) is 11.3. The zero-order valence-electron chi connectivity index (χ0n) is 18.2. The second kappa shape index (κ2) is 9.09. The fourth-order valence-electron chi connectivity index (χ4n) is 4.91. The molecule has 1 spiro atoms. The van der Waals surface area contributed by atoms with Crippen LogP contribution in [0.3, 0.4) is 0 Å². The Balaban J connectivity index is 1.32. The van der Waals surface area contributed by atoms with E-state index in [1.54, 1.807) is 18.6 Å². The average Bonchev–Trinajstić information content (AvgIpc) is 3.07. The minimum atomic E-state index is -0.0583. The lowest BCUT2D eigenvalue weighted by Gasteiger charge is -2.44. The van der Waals surface area contributed by atoms with Gasteiger partial charge in [0.25, 0.3) is 5.91 Å². The predicted octanol–water partition coefficient (Wildman–Crippen LogP) is 3.90. The molecule has 3 aromatic rings. The maximum Gasteiger partial charge on any atom is 0.253 e. The van der Waals surface area contributed by atoms with E-state index in [0.717, 1.165) is 54.9 Å². The number of hydrogen-bond acceptors (Lipinski definition) is 5. The molecule has 32 heavy (non-hydrogen) atoms. The number of aromatic nitrogens is 2. The number of carbonyl (C=O) groups is 1. The van der Waals surface area contributed by atoms with Crippen LogP contribution >= 0.6 is 0 Å². The molecule has 0 saturated carbocycles. The van der Waals surface area contributed by atoms with Crippen LogP contribution in [0.25, 0.3) is 11.1 Å². The van der Waals surface area contributed by atoms with Gasteiger partial charge in [-0.3, -0.25) is 14.8 Å². The van der Waals surface area contributed by atoms with E-state index in [9.17, 15) is 4.79 Å². The summed E-state index contributed by atoms with van der Waals surface area (Å²) >= 11 is 0. The van der Waals surface area contributed by atoms with Crippen molar-refractivity contribution in [2.75, 3.05) is 44.3 Å². The molecule has 0 aliphatic carbocycles. The maximum atomic E-state index is 13.4.